The fourth-order valence-corrected chi connectivity index (χ4v) is 1.31. The lowest BCUT2D eigenvalue weighted by molar-refractivity contribution is 0.0697. The average Bonchev–Trinajstić information content (AvgIpc) is 2.42. The van der Waals surface area contributed by atoms with E-state index in [2.05, 4.69) is 4.65 Å². The molecule has 19 heavy (non-hydrogen) atoms. The molecule has 0 heterocycles. The highest BCUT2D eigenvalue weighted by Gasteiger charge is 2.20. The molecule has 0 spiro atoms. The van der Waals surface area contributed by atoms with Crippen molar-refractivity contribution in [2.75, 3.05) is 51.6 Å². The molecule has 0 unspecified atom stereocenters. The van der Waals surface area contributed by atoms with Crippen molar-refractivity contribution in [1.82, 2.24) is 0 Å². The van der Waals surface area contributed by atoms with E-state index < -0.39 is 32.7 Å². The van der Waals surface area contributed by atoms with Gasteiger partial charge in [0.1, 0.15) is 0 Å². The number of rotatable bonds is 10. The summed E-state index contributed by atoms with van der Waals surface area (Å²) in [6, 6.07) is 0. The standard InChI is InChI=1S/C5H13BO4S.C4H11NO3/c1-9-2-4-11-5-3-10-6(7)8;5-4(1-6,2-7)3-8/h7-8H,2-5H2,1H3;6-8H,1-3,5H2. The van der Waals surface area contributed by atoms with E-state index in [4.69, 9.17) is 35.8 Å². The van der Waals surface area contributed by atoms with Gasteiger partial charge in [0.2, 0.25) is 0 Å². The Morgan fingerprint density at radius 2 is 1.53 bits per heavy atom. The fourth-order valence-electron chi connectivity index (χ4n) is 0.607. The molecule has 7 N–H and O–H groups in total. The van der Waals surface area contributed by atoms with E-state index in [0.717, 1.165) is 11.5 Å². The molecule has 0 atom stereocenters. The average molecular weight is 301 g/mol. The first kappa shape index (κ1) is 21.4. The Morgan fingerprint density at radius 1 is 1.05 bits per heavy atom. The molecule has 0 fully saturated rings. The summed E-state index contributed by atoms with van der Waals surface area (Å²) in [6.45, 7) is -0.140. The zero-order chi connectivity index (χ0) is 15.1. The number of hydrogen-bond acceptors (Lipinski definition) is 9. The molecule has 8 nitrogen and oxygen atoms in total. The van der Waals surface area contributed by atoms with Crippen molar-refractivity contribution in [3.8, 4) is 0 Å². The molecule has 0 aromatic carbocycles. The van der Waals surface area contributed by atoms with Crippen LogP contribution in [0.5, 0.6) is 0 Å². The first-order valence-electron chi connectivity index (χ1n) is 5.61. The Balaban J connectivity index is 0. The Kier molecular flexibility index (Phi) is 16.3. The predicted octanol–water partition coefficient (Wildman–Crippen LogP) is -2.99. The van der Waals surface area contributed by atoms with Crippen LogP contribution in [-0.4, -0.2) is 89.9 Å². The zero-order valence-electron chi connectivity index (χ0n) is 11.1. The van der Waals surface area contributed by atoms with E-state index in [9.17, 15) is 0 Å². The lowest BCUT2D eigenvalue weighted by Gasteiger charge is -2.20. The summed E-state index contributed by atoms with van der Waals surface area (Å²) in [5.41, 5.74) is 3.94. The molecule has 0 aromatic rings. The lowest BCUT2D eigenvalue weighted by atomic mass is 10.1. The molecule has 0 saturated carbocycles. The van der Waals surface area contributed by atoms with Gasteiger partial charge < -0.3 is 40.5 Å². The number of thioether (sulfide) groups is 1. The van der Waals surface area contributed by atoms with Crippen molar-refractivity contribution in [1.29, 1.82) is 0 Å². The second-order valence-electron chi connectivity index (χ2n) is 3.64. The summed E-state index contributed by atoms with van der Waals surface area (Å²) in [7, 11) is 0.00664. The van der Waals surface area contributed by atoms with Crippen LogP contribution in [0, 0.1) is 0 Å². The maximum absolute atomic E-state index is 8.34. The molecule has 10 heteroatoms. The van der Waals surface area contributed by atoms with Crippen molar-refractivity contribution in [2.45, 2.75) is 5.54 Å². The lowest BCUT2D eigenvalue weighted by Crippen LogP contribution is -2.50. The molecule has 0 rings (SSSR count). The highest BCUT2D eigenvalue weighted by Crippen LogP contribution is 1.98. The number of hydrogen-bond donors (Lipinski definition) is 6. The van der Waals surface area contributed by atoms with Gasteiger partial charge in [-0.15, -0.1) is 0 Å². The van der Waals surface area contributed by atoms with Crippen LogP contribution in [0.2, 0.25) is 0 Å². The molecule has 0 saturated heterocycles. The number of ether oxygens (including phenoxy) is 1. The fraction of sp³-hybridized carbons (Fsp3) is 1.00. The van der Waals surface area contributed by atoms with Crippen LogP contribution in [0.4, 0.5) is 0 Å². The van der Waals surface area contributed by atoms with E-state index in [1.807, 2.05) is 0 Å². The van der Waals surface area contributed by atoms with Gasteiger partial charge in [-0.25, -0.2) is 0 Å². The van der Waals surface area contributed by atoms with Crippen LogP contribution in [0.3, 0.4) is 0 Å². The van der Waals surface area contributed by atoms with E-state index in [-0.39, 0.29) is 0 Å². The molecule has 0 aliphatic heterocycles. The summed E-state index contributed by atoms with van der Waals surface area (Å²) in [5, 5.41) is 41.5. The van der Waals surface area contributed by atoms with Crippen LogP contribution in [-0.2, 0) is 9.39 Å². The van der Waals surface area contributed by atoms with Crippen LogP contribution in [0.25, 0.3) is 0 Å². The molecular weight excluding hydrogens is 277 g/mol. The van der Waals surface area contributed by atoms with Crippen LogP contribution < -0.4 is 5.73 Å². The third-order valence-electron chi connectivity index (χ3n) is 1.87. The van der Waals surface area contributed by atoms with E-state index in [1.54, 1.807) is 18.9 Å². The number of aliphatic hydroxyl groups is 3. The predicted molar refractivity (Wildman–Crippen MR) is 73.5 cm³/mol. The minimum Gasteiger partial charge on any atom is -0.402 e. The van der Waals surface area contributed by atoms with Gasteiger partial charge in [-0.05, 0) is 0 Å². The van der Waals surface area contributed by atoms with E-state index >= 15 is 0 Å². The minimum atomic E-state index is -1.64. The number of aliphatic hydroxyl groups excluding tert-OH is 3. The van der Waals surface area contributed by atoms with Gasteiger partial charge in [0.05, 0.1) is 32.0 Å². The van der Waals surface area contributed by atoms with Gasteiger partial charge in [0.25, 0.3) is 0 Å². The van der Waals surface area contributed by atoms with Gasteiger partial charge in [0.15, 0.2) is 0 Å². The normalized spacial score (nSPS) is 10.9. The summed E-state index contributed by atoms with van der Waals surface area (Å²) in [5.74, 6) is 1.66. The molecule has 0 radical (unpaired) electrons. The summed E-state index contributed by atoms with van der Waals surface area (Å²) >= 11 is 1.65. The molecular formula is C9H24BNO7S. The second-order valence-corrected chi connectivity index (χ2v) is 4.86. The van der Waals surface area contributed by atoms with Gasteiger partial charge in [-0.1, -0.05) is 0 Å². The Labute approximate surface area is 117 Å². The first-order valence-corrected chi connectivity index (χ1v) is 6.77. The quantitative estimate of drug-likeness (QED) is 0.184. The van der Waals surface area contributed by atoms with Gasteiger partial charge in [-0.3, -0.25) is 0 Å². The molecule has 0 bridgehead atoms. The van der Waals surface area contributed by atoms with Gasteiger partial charge in [-0.2, -0.15) is 11.8 Å². The van der Waals surface area contributed by atoms with E-state index in [1.165, 1.54) is 0 Å². The van der Waals surface area contributed by atoms with Crippen LogP contribution >= 0.6 is 11.8 Å². The van der Waals surface area contributed by atoms with E-state index in [0.29, 0.717) is 13.2 Å². The topological polar surface area (TPSA) is 146 Å². The number of nitrogens with two attached hydrogens (primary N) is 1. The smallest absolute Gasteiger partial charge is 0.402 e. The summed E-state index contributed by atoms with van der Waals surface area (Å²) < 4.78 is 9.28. The number of methoxy groups -OCH3 is 1. The Bertz CT molecular complexity index is 178. The monoisotopic (exact) mass is 301 g/mol. The van der Waals surface area contributed by atoms with Crippen molar-refractivity contribution in [2.24, 2.45) is 5.73 Å². The maximum atomic E-state index is 8.34. The van der Waals surface area contributed by atoms with Crippen molar-refractivity contribution in [3.63, 3.8) is 0 Å². The SMILES string of the molecule is COCCSCCOB(O)O.NC(CO)(CO)CO. The van der Waals surface area contributed by atoms with Gasteiger partial charge in [0, 0.05) is 25.2 Å². The highest BCUT2D eigenvalue weighted by atomic mass is 32.2. The van der Waals surface area contributed by atoms with Crippen molar-refractivity contribution >= 4 is 19.1 Å². The van der Waals surface area contributed by atoms with Crippen LogP contribution in [0.15, 0.2) is 0 Å². The Hall–Kier alpha value is 0.0949. The van der Waals surface area contributed by atoms with Crippen molar-refractivity contribution in [3.05, 3.63) is 0 Å². The third-order valence-corrected chi connectivity index (χ3v) is 2.78. The Morgan fingerprint density at radius 3 is 1.84 bits per heavy atom. The molecule has 0 amide bonds. The minimum absolute atomic E-state index is 0.353. The summed E-state index contributed by atoms with van der Waals surface area (Å²) in [6.07, 6.45) is 0. The molecule has 0 aliphatic carbocycles. The largest absolute Gasteiger partial charge is 0.633 e. The van der Waals surface area contributed by atoms with Gasteiger partial charge >= 0.3 is 7.32 Å². The zero-order valence-corrected chi connectivity index (χ0v) is 11.9. The third kappa shape index (κ3) is 16.0. The maximum Gasteiger partial charge on any atom is 0.633 e. The highest BCUT2D eigenvalue weighted by molar-refractivity contribution is 7.99. The molecule has 0 aromatic heterocycles. The second kappa shape index (κ2) is 14.5. The molecule has 116 valence electrons. The van der Waals surface area contributed by atoms with Crippen LogP contribution in [0.1, 0.15) is 0 Å². The molecule has 0 aliphatic rings. The summed E-state index contributed by atoms with van der Waals surface area (Å²) in [4.78, 5) is 0. The first-order chi connectivity index (χ1) is 8.95. The van der Waals surface area contributed by atoms with Crippen molar-refractivity contribution < 1.29 is 34.8 Å².